The van der Waals surface area contributed by atoms with Crippen molar-refractivity contribution in [2.75, 3.05) is 14.2 Å². The van der Waals surface area contributed by atoms with Crippen LogP contribution in [-0.4, -0.2) is 31.5 Å². The number of methoxy groups -OCH3 is 2. The molecule has 0 aromatic heterocycles. The molecule has 0 fully saturated rings. The normalized spacial score (nSPS) is 13.3. The van der Waals surface area contributed by atoms with Crippen molar-refractivity contribution in [3.63, 3.8) is 0 Å². The molecule has 1 rings (SSSR count). The van der Waals surface area contributed by atoms with E-state index in [1.807, 2.05) is 26.0 Å². The quantitative estimate of drug-likeness (QED) is 0.744. The van der Waals surface area contributed by atoms with Crippen LogP contribution in [0.3, 0.4) is 0 Å². The molecule has 0 spiro atoms. The molecule has 128 valence electrons. The van der Waals surface area contributed by atoms with E-state index in [0.29, 0.717) is 25.7 Å². The zero-order valence-corrected chi connectivity index (χ0v) is 14.7. The molecule has 0 bridgehead atoms. The minimum Gasteiger partial charge on any atom is -0.496 e. The van der Waals surface area contributed by atoms with Crippen LogP contribution in [0.25, 0.3) is 0 Å². The first-order valence-electron chi connectivity index (χ1n) is 7.74. The number of carbonyl (C=O) groups is 2. The number of hydrogen-bond donors (Lipinski definition) is 1. The third kappa shape index (κ3) is 5.36. The maximum Gasteiger partial charge on any atom is 0.325 e. The Labute approximate surface area is 138 Å². The zero-order chi connectivity index (χ0) is 17.6. The van der Waals surface area contributed by atoms with Crippen LogP contribution < -0.4 is 10.5 Å². The second-order valence-electron chi connectivity index (χ2n) is 6.25. The number of esters is 1. The highest BCUT2D eigenvalue weighted by Crippen LogP contribution is 2.26. The Balaban J connectivity index is 2.63. The molecule has 0 saturated carbocycles. The largest absolute Gasteiger partial charge is 0.496 e. The lowest BCUT2D eigenvalue weighted by atomic mass is 9.94. The third-order valence-corrected chi connectivity index (χ3v) is 3.89. The number of ether oxygens (including phenoxy) is 2. The first kappa shape index (κ1) is 19.2. The molecule has 1 aromatic rings. The first-order valence-corrected chi connectivity index (χ1v) is 7.74. The van der Waals surface area contributed by atoms with E-state index in [9.17, 15) is 9.59 Å². The molecule has 0 saturated heterocycles. The maximum atomic E-state index is 12.2. The van der Waals surface area contributed by atoms with Gasteiger partial charge >= 0.3 is 5.97 Å². The number of ketones is 1. The molecule has 0 aliphatic carbocycles. The minimum atomic E-state index is -1.05. The zero-order valence-electron chi connectivity index (χ0n) is 14.7. The van der Waals surface area contributed by atoms with Crippen molar-refractivity contribution < 1.29 is 19.1 Å². The fraction of sp³-hybridized carbons (Fsp3) is 0.556. The second kappa shape index (κ2) is 8.11. The molecule has 0 amide bonds. The van der Waals surface area contributed by atoms with Crippen molar-refractivity contribution in [3.05, 3.63) is 28.8 Å². The Hall–Kier alpha value is -1.88. The van der Waals surface area contributed by atoms with Gasteiger partial charge in [0.15, 0.2) is 0 Å². The Kier molecular flexibility index (Phi) is 6.76. The minimum absolute atomic E-state index is 0.106. The summed E-state index contributed by atoms with van der Waals surface area (Å²) in [5.41, 5.74) is 7.87. The number of Topliss-reactive ketones (excluding diaryl/α,β-unsaturated/α-hetero) is 1. The van der Waals surface area contributed by atoms with E-state index in [4.69, 9.17) is 10.5 Å². The third-order valence-electron chi connectivity index (χ3n) is 3.89. The van der Waals surface area contributed by atoms with Crippen LogP contribution in [0.4, 0.5) is 0 Å². The smallest absolute Gasteiger partial charge is 0.325 e. The van der Waals surface area contributed by atoms with Crippen molar-refractivity contribution in [1.29, 1.82) is 0 Å². The van der Waals surface area contributed by atoms with Crippen molar-refractivity contribution in [2.45, 2.75) is 52.0 Å². The summed E-state index contributed by atoms with van der Waals surface area (Å²) in [4.78, 5) is 23.7. The van der Waals surface area contributed by atoms with Crippen LogP contribution in [0.1, 0.15) is 42.9 Å². The molecule has 1 unspecified atom stereocenters. The van der Waals surface area contributed by atoms with Crippen LogP contribution in [0, 0.1) is 13.8 Å². The van der Waals surface area contributed by atoms with E-state index in [0.717, 1.165) is 22.4 Å². The fourth-order valence-electron chi connectivity index (χ4n) is 2.75. The van der Waals surface area contributed by atoms with Gasteiger partial charge in [-0.15, -0.1) is 0 Å². The monoisotopic (exact) mass is 321 g/mol. The Morgan fingerprint density at radius 1 is 1.22 bits per heavy atom. The van der Waals surface area contributed by atoms with Crippen molar-refractivity contribution >= 4 is 11.8 Å². The van der Waals surface area contributed by atoms with Gasteiger partial charge in [0.2, 0.25) is 0 Å². The summed E-state index contributed by atoms with van der Waals surface area (Å²) >= 11 is 0. The highest BCUT2D eigenvalue weighted by Gasteiger charge is 2.28. The number of nitrogens with two attached hydrogens (primary N) is 1. The van der Waals surface area contributed by atoms with E-state index >= 15 is 0 Å². The number of aryl methyl sites for hydroxylation is 2. The lowest BCUT2D eigenvalue weighted by Crippen LogP contribution is -2.45. The molecule has 5 heteroatoms. The molecule has 23 heavy (non-hydrogen) atoms. The summed E-state index contributed by atoms with van der Waals surface area (Å²) in [6.07, 6.45) is 1.66. The van der Waals surface area contributed by atoms with Gasteiger partial charge in [0.25, 0.3) is 0 Å². The molecule has 1 aromatic carbocycles. The van der Waals surface area contributed by atoms with Gasteiger partial charge in [0.05, 0.1) is 14.2 Å². The maximum absolute atomic E-state index is 12.2. The lowest BCUT2D eigenvalue weighted by molar-refractivity contribution is -0.146. The Morgan fingerprint density at radius 3 is 2.43 bits per heavy atom. The summed E-state index contributed by atoms with van der Waals surface area (Å²) < 4.78 is 10.1. The van der Waals surface area contributed by atoms with Crippen LogP contribution in [0.2, 0.25) is 0 Å². The highest BCUT2D eigenvalue weighted by atomic mass is 16.5. The number of carbonyl (C=O) groups excluding carboxylic acids is 2. The molecular weight excluding hydrogens is 294 g/mol. The van der Waals surface area contributed by atoms with Crippen LogP contribution >= 0.6 is 0 Å². The molecule has 1 atom stereocenters. The summed E-state index contributed by atoms with van der Waals surface area (Å²) in [6, 6.07) is 4.01. The second-order valence-corrected chi connectivity index (χ2v) is 6.25. The molecule has 5 nitrogen and oxygen atoms in total. The van der Waals surface area contributed by atoms with Crippen molar-refractivity contribution in [2.24, 2.45) is 5.73 Å². The van der Waals surface area contributed by atoms with Gasteiger partial charge in [-0.25, -0.2) is 0 Å². The van der Waals surface area contributed by atoms with E-state index in [1.54, 1.807) is 14.0 Å². The number of rotatable bonds is 8. The topological polar surface area (TPSA) is 78.6 Å². The van der Waals surface area contributed by atoms with E-state index in [2.05, 4.69) is 4.74 Å². The molecule has 0 heterocycles. The summed E-state index contributed by atoms with van der Waals surface area (Å²) in [6.45, 7) is 5.59. The Morgan fingerprint density at radius 2 is 1.87 bits per heavy atom. The molecule has 2 N–H and O–H groups in total. The van der Waals surface area contributed by atoms with Crippen LogP contribution in [0.5, 0.6) is 5.75 Å². The van der Waals surface area contributed by atoms with Gasteiger partial charge in [-0.05, 0) is 39.2 Å². The standard InChI is InChI=1S/C18H27NO4/c1-12-9-13(2)16(22-4)14(10-12)11-15(20)7-6-8-18(3,19)17(21)23-5/h9-10H,6-8,11,19H2,1-5H3. The van der Waals surface area contributed by atoms with Crippen molar-refractivity contribution in [1.82, 2.24) is 0 Å². The molecular formula is C18H27NO4. The van der Waals surface area contributed by atoms with Gasteiger partial charge in [0.1, 0.15) is 17.1 Å². The summed E-state index contributed by atoms with van der Waals surface area (Å²) in [5.74, 6) is 0.414. The highest BCUT2D eigenvalue weighted by molar-refractivity contribution is 5.82. The van der Waals surface area contributed by atoms with E-state index < -0.39 is 11.5 Å². The fourth-order valence-corrected chi connectivity index (χ4v) is 2.75. The lowest BCUT2D eigenvalue weighted by Gasteiger charge is -2.20. The van der Waals surface area contributed by atoms with Gasteiger partial charge in [-0.1, -0.05) is 17.7 Å². The van der Waals surface area contributed by atoms with Crippen LogP contribution in [0.15, 0.2) is 12.1 Å². The average molecular weight is 321 g/mol. The number of hydrogen-bond acceptors (Lipinski definition) is 5. The first-order chi connectivity index (χ1) is 10.7. The predicted octanol–water partition coefficient (Wildman–Crippen LogP) is 2.48. The molecule has 0 radical (unpaired) electrons. The summed E-state index contributed by atoms with van der Waals surface area (Å²) in [5, 5.41) is 0. The van der Waals surface area contributed by atoms with Crippen molar-refractivity contribution in [3.8, 4) is 5.75 Å². The van der Waals surface area contributed by atoms with Crippen LogP contribution in [-0.2, 0) is 20.7 Å². The van der Waals surface area contributed by atoms with E-state index in [1.165, 1.54) is 7.11 Å². The van der Waals surface area contributed by atoms with Gasteiger partial charge in [0, 0.05) is 18.4 Å². The van der Waals surface area contributed by atoms with E-state index in [-0.39, 0.29) is 5.78 Å². The number of benzene rings is 1. The average Bonchev–Trinajstić information content (AvgIpc) is 2.45. The Bertz CT molecular complexity index is 579. The van der Waals surface area contributed by atoms with Gasteiger partial charge < -0.3 is 15.2 Å². The SMILES string of the molecule is COC(=O)C(C)(N)CCCC(=O)Cc1cc(C)cc(C)c1OC. The van der Waals surface area contributed by atoms with Gasteiger partial charge in [-0.2, -0.15) is 0 Å². The molecule has 0 aliphatic rings. The summed E-state index contributed by atoms with van der Waals surface area (Å²) in [7, 11) is 2.92. The van der Waals surface area contributed by atoms with Gasteiger partial charge in [-0.3, -0.25) is 9.59 Å². The predicted molar refractivity (Wildman–Crippen MR) is 89.6 cm³/mol. The molecule has 0 aliphatic heterocycles.